The van der Waals surface area contributed by atoms with Gasteiger partial charge in [0.05, 0.1) is 32.1 Å². The number of furan rings is 1. The summed E-state index contributed by atoms with van der Waals surface area (Å²) in [6, 6.07) is 4.91. The SMILES string of the molecule is COc1c(O)c(OC)c2oc3cccc(O)c3c2c1OC. The predicted molar refractivity (Wildman–Crippen MR) is 76.7 cm³/mol. The smallest absolute Gasteiger partial charge is 0.208 e. The molecule has 0 spiro atoms. The van der Waals surface area contributed by atoms with E-state index < -0.39 is 0 Å². The molecule has 0 aliphatic rings. The number of rotatable bonds is 3. The van der Waals surface area contributed by atoms with E-state index >= 15 is 0 Å². The highest BCUT2D eigenvalue weighted by atomic mass is 16.5. The van der Waals surface area contributed by atoms with Crippen molar-refractivity contribution in [3.8, 4) is 28.7 Å². The normalized spacial score (nSPS) is 11.0. The second kappa shape index (κ2) is 4.66. The van der Waals surface area contributed by atoms with E-state index in [1.807, 2.05) is 0 Å². The zero-order valence-electron chi connectivity index (χ0n) is 11.8. The average Bonchev–Trinajstić information content (AvgIpc) is 2.86. The molecule has 0 aliphatic heterocycles. The van der Waals surface area contributed by atoms with Crippen molar-refractivity contribution < 1.29 is 28.8 Å². The van der Waals surface area contributed by atoms with Crippen LogP contribution in [-0.2, 0) is 0 Å². The van der Waals surface area contributed by atoms with Gasteiger partial charge in [-0.3, -0.25) is 0 Å². The van der Waals surface area contributed by atoms with Crippen molar-refractivity contribution in [3.63, 3.8) is 0 Å². The minimum atomic E-state index is -0.220. The number of methoxy groups -OCH3 is 3. The molecule has 0 radical (unpaired) electrons. The molecule has 6 heteroatoms. The zero-order chi connectivity index (χ0) is 15.1. The van der Waals surface area contributed by atoms with E-state index in [-0.39, 0.29) is 34.3 Å². The lowest BCUT2D eigenvalue weighted by molar-refractivity contribution is 0.318. The van der Waals surface area contributed by atoms with Gasteiger partial charge in [0, 0.05) is 0 Å². The lowest BCUT2D eigenvalue weighted by Gasteiger charge is -2.13. The first-order chi connectivity index (χ1) is 10.1. The van der Waals surface area contributed by atoms with Gasteiger partial charge in [-0.2, -0.15) is 0 Å². The van der Waals surface area contributed by atoms with Gasteiger partial charge in [0.2, 0.25) is 17.2 Å². The third kappa shape index (κ3) is 1.65. The largest absolute Gasteiger partial charge is 0.507 e. The Kier molecular flexibility index (Phi) is 2.94. The summed E-state index contributed by atoms with van der Waals surface area (Å²) < 4.78 is 21.4. The molecular weight excluding hydrogens is 276 g/mol. The molecule has 2 N–H and O–H groups in total. The number of phenolic OH excluding ortho intramolecular Hbond substituents is 2. The van der Waals surface area contributed by atoms with Crippen molar-refractivity contribution in [2.45, 2.75) is 0 Å². The molecule has 1 heterocycles. The van der Waals surface area contributed by atoms with Gasteiger partial charge < -0.3 is 28.8 Å². The molecule has 0 saturated carbocycles. The Labute approximate surface area is 120 Å². The lowest BCUT2D eigenvalue weighted by Crippen LogP contribution is -1.94. The maximum atomic E-state index is 10.2. The Bertz CT molecular complexity index is 833. The van der Waals surface area contributed by atoms with Crippen molar-refractivity contribution in [1.29, 1.82) is 0 Å². The number of aromatic hydroxyl groups is 2. The first-order valence-corrected chi connectivity index (χ1v) is 6.19. The number of phenols is 2. The molecular formula is C15H14O6. The van der Waals surface area contributed by atoms with Crippen LogP contribution in [-0.4, -0.2) is 31.5 Å². The molecule has 110 valence electrons. The summed E-state index contributed by atoms with van der Waals surface area (Å²) >= 11 is 0. The Balaban J connectivity index is 2.64. The van der Waals surface area contributed by atoms with Gasteiger partial charge >= 0.3 is 0 Å². The van der Waals surface area contributed by atoms with Crippen molar-refractivity contribution >= 4 is 21.9 Å². The van der Waals surface area contributed by atoms with E-state index in [4.69, 9.17) is 18.6 Å². The fourth-order valence-corrected chi connectivity index (χ4v) is 2.51. The standard InChI is InChI=1S/C15H14O6/c1-18-12-10-9-7(16)5-4-6-8(9)21-13(10)15(20-3)11(17)14(12)19-2/h4-6,16-17H,1-3H3. The monoisotopic (exact) mass is 290 g/mol. The van der Waals surface area contributed by atoms with Gasteiger partial charge in [0.25, 0.3) is 0 Å². The van der Waals surface area contributed by atoms with E-state index in [9.17, 15) is 10.2 Å². The van der Waals surface area contributed by atoms with E-state index in [2.05, 4.69) is 0 Å². The van der Waals surface area contributed by atoms with Gasteiger partial charge in [-0.1, -0.05) is 6.07 Å². The van der Waals surface area contributed by atoms with Crippen LogP contribution in [0.15, 0.2) is 22.6 Å². The number of fused-ring (bicyclic) bond motifs is 3. The summed E-state index contributed by atoms with van der Waals surface area (Å²) in [6.45, 7) is 0. The molecule has 0 atom stereocenters. The summed E-state index contributed by atoms with van der Waals surface area (Å²) in [4.78, 5) is 0. The van der Waals surface area contributed by atoms with Gasteiger partial charge in [-0.15, -0.1) is 0 Å². The molecule has 21 heavy (non-hydrogen) atoms. The minimum absolute atomic E-state index is 0.0411. The molecule has 0 fully saturated rings. The van der Waals surface area contributed by atoms with Crippen LogP contribution in [0, 0.1) is 0 Å². The summed E-state index contributed by atoms with van der Waals surface area (Å²) in [7, 11) is 4.26. The molecule has 0 bridgehead atoms. The van der Waals surface area contributed by atoms with E-state index in [0.717, 1.165) is 0 Å². The van der Waals surface area contributed by atoms with Gasteiger partial charge in [-0.25, -0.2) is 0 Å². The van der Waals surface area contributed by atoms with Gasteiger partial charge in [-0.05, 0) is 12.1 Å². The quantitative estimate of drug-likeness (QED) is 0.771. The minimum Gasteiger partial charge on any atom is -0.507 e. The third-order valence-electron chi connectivity index (χ3n) is 3.38. The van der Waals surface area contributed by atoms with Crippen LogP contribution >= 0.6 is 0 Å². The zero-order valence-corrected chi connectivity index (χ0v) is 11.8. The molecule has 0 aliphatic carbocycles. The van der Waals surface area contributed by atoms with Gasteiger partial charge in [0.15, 0.2) is 11.3 Å². The van der Waals surface area contributed by atoms with Crippen molar-refractivity contribution in [1.82, 2.24) is 0 Å². The first kappa shape index (κ1) is 13.2. The number of ether oxygens (including phenoxy) is 3. The third-order valence-corrected chi connectivity index (χ3v) is 3.38. The summed E-state index contributed by atoms with van der Waals surface area (Å²) in [5, 5.41) is 21.3. The van der Waals surface area contributed by atoms with Crippen molar-refractivity contribution in [2.24, 2.45) is 0 Å². The fraction of sp³-hybridized carbons (Fsp3) is 0.200. The number of hydrogen-bond acceptors (Lipinski definition) is 6. The van der Waals surface area contributed by atoms with Crippen LogP contribution in [0.3, 0.4) is 0 Å². The molecule has 3 rings (SSSR count). The molecule has 3 aromatic rings. The Morgan fingerprint density at radius 1 is 0.857 bits per heavy atom. The molecule has 0 amide bonds. The van der Waals surface area contributed by atoms with Crippen LogP contribution in [0.4, 0.5) is 0 Å². The first-order valence-electron chi connectivity index (χ1n) is 6.19. The van der Waals surface area contributed by atoms with Crippen molar-refractivity contribution in [2.75, 3.05) is 21.3 Å². The molecule has 0 unspecified atom stereocenters. The maximum Gasteiger partial charge on any atom is 0.208 e. The fourth-order valence-electron chi connectivity index (χ4n) is 2.51. The number of benzene rings is 2. The number of hydrogen-bond donors (Lipinski definition) is 2. The molecule has 1 aromatic heterocycles. The highest BCUT2D eigenvalue weighted by Gasteiger charge is 2.27. The average molecular weight is 290 g/mol. The highest BCUT2D eigenvalue weighted by Crippen LogP contribution is 2.54. The van der Waals surface area contributed by atoms with Crippen LogP contribution in [0.2, 0.25) is 0 Å². The van der Waals surface area contributed by atoms with Crippen LogP contribution < -0.4 is 14.2 Å². The van der Waals surface area contributed by atoms with E-state index in [1.165, 1.54) is 21.3 Å². The maximum absolute atomic E-state index is 10.2. The molecule has 6 nitrogen and oxygen atoms in total. The Morgan fingerprint density at radius 3 is 2.14 bits per heavy atom. The van der Waals surface area contributed by atoms with Crippen LogP contribution in [0.1, 0.15) is 0 Å². The Morgan fingerprint density at radius 2 is 1.52 bits per heavy atom. The predicted octanol–water partition coefficient (Wildman–Crippen LogP) is 3.02. The summed E-state index contributed by atoms with van der Waals surface area (Å²) in [5.41, 5.74) is 0.735. The highest BCUT2D eigenvalue weighted by molar-refractivity contribution is 6.14. The second-order valence-electron chi connectivity index (χ2n) is 4.40. The lowest BCUT2D eigenvalue weighted by atomic mass is 10.1. The summed E-state index contributed by atoms with van der Waals surface area (Å²) in [6.07, 6.45) is 0. The molecule has 2 aromatic carbocycles. The van der Waals surface area contributed by atoms with Crippen LogP contribution in [0.5, 0.6) is 28.7 Å². The Hall–Kier alpha value is -2.76. The van der Waals surface area contributed by atoms with Crippen molar-refractivity contribution in [3.05, 3.63) is 18.2 Å². The molecule has 0 saturated heterocycles. The summed E-state index contributed by atoms with van der Waals surface area (Å²) in [5.74, 6) is 0.333. The van der Waals surface area contributed by atoms with E-state index in [0.29, 0.717) is 16.4 Å². The van der Waals surface area contributed by atoms with E-state index in [1.54, 1.807) is 18.2 Å². The topological polar surface area (TPSA) is 81.3 Å². The van der Waals surface area contributed by atoms with Crippen LogP contribution in [0.25, 0.3) is 21.9 Å². The second-order valence-corrected chi connectivity index (χ2v) is 4.40. The van der Waals surface area contributed by atoms with Gasteiger partial charge in [0.1, 0.15) is 11.3 Å².